The van der Waals surface area contributed by atoms with Crippen molar-refractivity contribution in [2.75, 3.05) is 0 Å². The van der Waals surface area contributed by atoms with E-state index in [1.165, 1.54) is 5.06 Å². The van der Waals surface area contributed by atoms with Crippen LogP contribution in [0.2, 0.25) is 0 Å². The highest BCUT2D eigenvalue weighted by atomic mass is 31.2. The van der Waals surface area contributed by atoms with Crippen LogP contribution in [0.4, 0.5) is 0 Å². The van der Waals surface area contributed by atoms with Gasteiger partial charge >= 0.3 is 0 Å². The summed E-state index contributed by atoms with van der Waals surface area (Å²) < 4.78 is 14.5. The molecule has 0 bridgehead atoms. The normalized spacial score (nSPS) is 19.2. The van der Waals surface area contributed by atoms with Gasteiger partial charge in [-0.3, -0.25) is 14.4 Å². The van der Waals surface area contributed by atoms with Crippen LogP contribution in [0, 0.1) is 5.92 Å². The molecule has 6 nitrogen and oxygen atoms in total. The molecule has 3 rings (SSSR count). The van der Waals surface area contributed by atoms with Crippen LogP contribution in [0.1, 0.15) is 67.2 Å². The van der Waals surface area contributed by atoms with Crippen LogP contribution >= 0.6 is 7.29 Å². The predicted octanol–water partition coefficient (Wildman–Crippen LogP) is 5.35. The monoisotopic (exact) mass is 524 g/mol. The molecule has 1 radical (unpaired) electrons. The number of hydroxylamine groups is 2. The maximum atomic E-state index is 14.5. The Labute approximate surface area is 222 Å². The van der Waals surface area contributed by atoms with Crippen molar-refractivity contribution in [3.63, 3.8) is 0 Å². The standard InChI is InChI=1S/C30H43N3O3P/c1-23(2)20-24(32-37(36,26-15-9-7-10-16-26)27-17-11-8-12-18-27)14-13-19-28(34)31-25-21-29(3,4)33(35)30(5,6)22-25/h7-18,23-25H,19-22H2,1-6H3,(H,31,34)(H,32,36)/b14-13+/t24-/m1/s1. The number of rotatable bonds is 10. The van der Waals surface area contributed by atoms with E-state index in [1.54, 1.807) is 0 Å². The Morgan fingerprint density at radius 1 is 0.973 bits per heavy atom. The summed E-state index contributed by atoms with van der Waals surface area (Å²) in [6, 6.07) is 18.9. The molecule has 2 aromatic carbocycles. The predicted molar refractivity (Wildman–Crippen MR) is 152 cm³/mol. The molecule has 0 unspecified atom stereocenters. The van der Waals surface area contributed by atoms with Gasteiger partial charge in [-0.15, -0.1) is 10.3 Å². The zero-order valence-electron chi connectivity index (χ0n) is 23.1. The van der Waals surface area contributed by atoms with Crippen molar-refractivity contribution in [1.82, 2.24) is 15.5 Å². The minimum atomic E-state index is -3.10. The van der Waals surface area contributed by atoms with Gasteiger partial charge in [-0.1, -0.05) is 62.4 Å². The van der Waals surface area contributed by atoms with E-state index in [9.17, 15) is 14.6 Å². The highest BCUT2D eigenvalue weighted by Gasteiger charge is 2.46. The fourth-order valence-corrected chi connectivity index (χ4v) is 7.92. The van der Waals surface area contributed by atoms with E-state index in [4.69, 9.17) is 0 Å². The fourth-order valence-electron chi connectivity index (χ4n) is 5.48. The average Bonchev–Trinajstić information content (AvgIpc) is 2.82. The van der Waals surface area contributed by atoms with Crippen molar-refractivity contribution >= 4 is 23.8 Å². The molecule has 1 aliphatic heterocycles. The molecule has 1 aliphatic rings. The van der Waals surface area contributed by atoms with E-state index in [2.05, 4.69) is 24.3 Å². The highest BCUT2D eigenvalue weighted by Crippen LogP contribution is 2.40. The Morgan fingerprint density at radius 3 is 1.92 bits per heavy atom. The van der Waals surface area contributed by atoms with E-state index in [1.807, 2.05) is 101 Å². The van der Waals surface area contributed by atoms with Gasteiger partial charge in [0.05, 0.1) is 0 Å². The third-order valence-electron chi connectivity index (χ3n) is 6.94. The molecule has 37 heavy (non-hydrogen) atoms. The van der Waals surface area contributed by atoms with Gasteiger partial charge in [-0.25, -0.2) is 0 Å². The smallest absolute Gasteiger partial charge is 0.224 e. The third kappa shape index (κ3) is 7.64. The quantitative estimate of drug-likeness (QED) is 0.324. The van der Waals surface area contributed by atoms with Crippen LogP contribution in [-0.2, 0) is 14.6 Å². The van der Waals surface area contributed by atoms with Crippen molar-refractivity contribution in [2.45, 2.75) is 90.4 Å². The van der Waals surface area contributed by atoms with E-state index >= 15 is 0 Å². The maximum Gasteiger partial charge on any atom is 0.224 e. The summed E-state index contributed by atoms with van der Waals surface area (Å²) in [6.45, 7) is 12.0. The van der Waals surface area contributed by atoms with Crippen LogP contribution in [-0.4, -0.2) is 34.1 Å². The molecule has 1 fully saturated rings. The van der Waals surface area contributed by atoms with E-state index < -0.39 is 18.4 Å². The first kappa shape index (κ1) is 29.3. The first-order valence-corrected chi connectivity index (χ1v) is 15.0. The summed E-state index contributed by atoms with van der Waals surface area (Å²) in [7, 11) is -3.10. The van der Waals surface area contributed by atoms with Gasteiger partial charge in [0.2, 0.25) is 13.2 Å². The lowest BCUT2D eigenvalue weighted by Crippen LogP contribution is -2.62. The number of nitrogens with one attached hydrogen (secondary N) is 2. The highest BCUT2D eigenvalue weighted by molar-refractivity contribution is 7.76. The zero-order chi connectivity index (χ0) is 27.3. The Kier molecular flexibility index (Phi) is 9.57. The lowest BCUT2D eigenvalue weighted by molar-refractivity contribution is -0.290. The molecule has 7 heteroatoms. The minimum absolute atomic E-state index is 0.0444. The van der Waals surface area contributed by atoms with Crippen LogP contribution < -0.4 is 21.0 Å². The second-order valence-corrected chi connectivity index (χ2v) is 14.4. The zero-order valence-corrected chi connectivity index (χ0v) is 24.0. The molecule has 0 aliphatic carbocycles. The number of hydrogen-bond donors (Lipinski definition) is 2. The molecule has 0 aromatic heterocycles. The van der Waals surface area contributed by atoms with E-state index in [0.29, 0.717) is 18.8 Å². The molecular weight excluding hydrogens is 481 g/mol. The summed E-state index contributed by atoms with van der Waals surface area (Å²) in [5.41, 5.74) is -1.06. The van der Waals surface area contributed by atoms with Crippen molar-refractivity contribution in [3.05, 3.63) is 72.8 Å². The van der Waals surface area contributed by atoms with Gasteiger partial charge < -0.3 is 5.32 Å². The number of carbonyl (C=O) groups is 1. The molecule has 0 spiro atoms. The fraction of sp³-hybridized carbons (Fsp3) is 0.500. The lowest BCUT2D eigenvalue weighted by atomic mass is 9.79. The summed E-state index contributed by atoms with van der Waals surface area (Å²) in [6.07, 6.45) is 6.09. The van der Waals surface area contributed by atoms with Crippen molar-refractivity contribution in [3.8, 4) is 0 Å². The number of nitrogens with zero attached hydrogens (tertiary/aromatic N) is 1. The van der Waals surface area contributed by atoms with Gasteiger partial charge in [0.1, 0.15) is 0 Å². The first-order valence-electron chi connectivity index (χ1n) is 13.3. The molecular formula is C30H43N3O3P. The van der Waals surface area contributed by atoms with E-state index in [-0.39, 0.29) is 24.4 Å². The van der Waals surface area contributed by atoms with Gasteiger partial charge in [0.15, 0.2) is 0 Å². The van der Waals surface area contributed by atoms with Gasteiger partial charge in [0, 0.05) is 40.2 Å². The molecule has 1 atom stereocenters. The number of amides is 1. The Bertz CT molecular complexity index is 1040. The SMILES string of the molecule is CC(C)C[C@@H](/C=C/CC(=O)NC1CC(C)(C)N([O])C(C)(C)C1)NP(=O)(c1ccccc1)c1ccccc1. The topological polar surface area (TPSA) is 81.3 Å². The Hall–Kier alpha value is -2.24. The van der Waals surface area contributed by atoms with Crippen LogP contribution in [0.3, 0.4) is 0 Å². The Morgan fingerprint density at radius 2 is 1.46 bits per heavy atom. The molecule has 0 saturated carbocycles. The molecule has 2 aromatic rings. The largest absolute Gasteiger partial charge is 0.353 e. The maximum absolute atomic E-state index is 14.5. The van der Waals surface area contributed by atoms with Gasteiger partial charge in [-0.2, -0.15) is 0 Å². The summed E-state index contributed by atoms with van der Waals surface area (Å²) >= 11 is 0. The first-order chi connectivity index (χ1) is 17.3. The number of benzene rings is 2. The molecule has 201 valence electrons. The minimum Gasteiger partial charge on any atom is -0.353 e. The molecule has 1 heterocycles. The van der Waals surface area contributed by atoms with Crippen LogP contribution in [0.25, 0.3) is 0 Å². The van der Waals surface area contributed by atoms with Crippen LogP contribution in [0.5, 0.6) is 0 Å². The van der Waals surface area contributed by atoms with Gasteiger partial charge in [0.25, 0.3) is 0 Å². The molecule has 2 N–H and O–H groups in total. The number of piperidine rings is 1. The Balaban J connectivity index is 1.73. The molecule has 1 saturated heterocycles. The van der Waals surface area contributed by atoms with E-state index in [0.717, 1.165) is 17.0 Å². The average molecular weight is 525 g/mol. The molecule has 1 amide bonds. The van der Waals surface area contributed by atoms with Crippen molar-refractivity contribution in [2.24, 2.45) is 5.92 Å². The summed E-state index contributed by atoms with van der Waals surface area (Å²) in [5, 5.41) is 21.9. The summed E-state index contributed by atoms with van der Waals surface area (Å²) in [4.78, 5) is 12.8. The third-order valence-corrected chi connectivity index (χ3v) is 9.69. The lowest BCUT2D eigenvalue weighted by Gasteiger charge is -2.50. The van der Waals surface area contributed by atoms with Crippen molar-refractivity contribution in [1.29, 1.82) is 0 Å². The number of hydrogen-bond acceptors (Lipinski definition) is 3. The van der Waals surface area contributed by atoms with Crippen molar-refractivity contribution < 1.29 is 14.6 Å². The second-order valence-electron chi connectivity index (χ2n) is 11.9. The van der Waals surface area contributed by atoms with Gasteiger partial charge in [-0.05, 0) is 77.1 Å². The second kappa shape index (κ2) is 12.1. The van der Waals surface area contributed by atoms with Crippen LogP contribution in [0.15, 0.2) is 72.8 Å². The summed E-state index contributed by atoms with van der Waals surface area (Å²) in [5.74, 6) is 0.308. The number of carbonyl (C=O) groups excluding carboxylic acids is 1.